The second-order valence-corrected chi connectivity index (χ2v) is 9.30. The summed E-state index contributed by atoms with van der Waals surface area (Å²) in [6, 6.07) is 18.2. The minimum atomic E-state index is -0.187. The van der Waals surface area contributed by atoms with Gasteiger partial charge in [0.25, 0.3) is 0 Å². The Kier molecular flexibility index (Phi) is 7.27. The van der Waals surface area contributed by atoms with Crippen LogP contribution in [0.2, 0.25) is 0 Å². The number of carbonyl (C=O) groups is 1. The second kappa shape index (κ2) is 10.3. The highest BCUT2D eigenvalue weighted by molar-refractivity contribution is 14.1. The number of nitrogens with zero attached hydrogens (tertiary/aromatic N) is 3. The van der Waals surface area contributed by atoms with E-state index in [1.54, 1.807) is 0 Å². The molecule has 1 heterocycles. The maximum atomic E-state index is 12.3. The van der Waals surface area contributed by atoms with Crippen LogP contribution in [0, 0.1) is 3.57 Å². The Morgan fingerprint density at radius 1 is 1.10 bits per heavy atom. The van der Waals surface area contributed by atoms with Crippen LogP contribution in [0.5, 0.6) is 0 Å². The highest BCUT2D eigenvalue weighted by atomic mass is 127. The van der Waals surface area contributed by atoms with E-state index >= 15 is 0 Å². The monoisotopic (exact) mass is 534 g/mol. The van der Waals surface area contributed by atoms with Gasteiger partial charge < -0.3 is 10.1 Å². The van der Waals surface area contributed by atoms with Crippen molar-refractivity contribution in [2.24, 2.45) is 0 Å². The molecule has 0 radical (unpaired) electrons. The van der Waals surface area contributed by atoms with Crippen molar-refractivity contribution in [2.75, 3.05) is 11.1 Å². The van der Waals surface area contributed by atoms with E-state index in [0.29, 0.717) is 11.7 Å². The lowest BCUT2D eigenvalue weighted by molar-refractivity contribution is -0.145. The molecule has 8 heteroatoms. The zero-order valence-corrected chi connectivity index (χ0v) is 19.4. The Bertz CT molecular complexity index is 973. The van der Waals surface area contributed by atoms with Crippen LogP contribution in [0.1, 0.15) is 31.5 Å². The third-order valence-corrected chi connectivity index (χ3v) is 6.55. The van der Waals surface area contributed by atoms with Gasteiger partial charge in [0, 0.05) is 14.9 Å². The molecule has 0 atom stereocenters. The van der Waals surface area contributed by atoms with Crippen molar-refractivity contribution in [1.29, 1.82) is 0 Å². The Hall–Kier alpha value is -2.07. The average molecular weight is 534 g/mol. The number of halogens is 1. The molecule has 1 saturated carbocycles. The first kappa shape index (κ1) is 21.2. The van der Waals surface area contributed by atoms with Gasteiger partial charge in [0.05, 0.1) is 12.3 Å². The molecular formula is C22H23IN4O2S. The summed E-state index contributed by atoms with van der Waals surface area (Å²) in [6.07, 6.45) is 4.32. The lowest BCUT2D eigenvalue weighted by atomic mass is 10.3. The van der Waals surface area contributed by atoms with Gasteiger partial charge in [0.2, 0.25) is 0 Å². The molecule has 3 aromatic rings. The average Bonchev–Trinajstić information content (AvgIpc) is 3.42. The number of carbonyl (C=O) groups excluding carboxylic acids is 1. The molecule has 1 aliphatic rings. The highest BCUT2D eigenvalue weighted by Gasteiger charge is 2.21. The van der Waals surface area contributed by atoms with Gasteiger partial charge >= 0.3 is 5.97 Å². The van der Waals surface area contributed by atoms with Gasteiger partial charge in [0.1, 0.15) is 6.10 Å². The SMILES string of the molecule is O=C(CSc1nnc(CNc2ccc(I)cc2)n1-c1ccccc1)OC1CCCC1. The minimum absolute atomic E-state index is 0.0822. The lowest BCUT2D eigenvalue weighted by Crippen LogP contribution is -2.16. The number of esters is 1. The molecule has 0 bridgehead atoms. The Morgan fingerprint density at radius 2 is 1.83 bits per heavy atom. The third-order valence-electron chi connectivity index (χ3n) is 4.93. The molecule has 0 spiro atoms. The Balaban J connectivity index is 1.47. The molecule has 0 aliphatic heterocycles. The summed E-state index contributed by atoms with van der Waals surface area (Å²) in [5, 5.41) is 12.8. The van der Waals surface area contributed by atoms with Crippen LogP contribution in [-0.2, 0) is 16.1 Å². The summed E-state index contributed by atoms with van der Waals surface area (Å²) in [5.74, 6) is 0.825. The number of hydrogen-bond donors (Lipinski definition) is 1. The van der Waals surface area contributed by atoms with Gasteiger partial charge in [-0.05, 0) is 84.7 Å². The fourth-order valence-corrected chi connectivity index (χ4v) is 4.56. The van der Waals surface area contributed by atoms with E-state index in [-0.39, 0.29) is 17.8 Å². The van der Waals surface area contributed by atoms with Crippen molar-refractivity contribution in [1.82, 2.24) is 14.8 Å². The number of thioether (sulfide) groups is 1. The predicted molar refractivity (Wildman–Crippen MR) is 127 cm³/mol. The number of para-hydroxylation sites is 1. The highest BCUT2D eigenvalue weighted by Crippen LogP contribution is 2.25. The molecule has 1 fully saturated rings. The fourth-order valence-electron chi connectivity index (χ4n) is 3.44. The van der Waals surface area contributed by atoms with Crippen LogP contribution in [0.3, 0.4) is 0 Å². The number of nitrogens with one attached hydrogen (secondary N) is 1. The van der Waals surface area contributed by atoms with Crippen LogP contribution in [0.25, 0.3) is 5.69 Å². The summed E-state index contributed by atoms with van der Waals surface area (Å²) in [7, 11) is 0. The summed E-state index contributed by atoms with van der Waals surface area (Å²) < 4.78 is 8.75. The summed E-state index contributed by atoms with van der Waals surface area (Å²) in [4.78, 5) is 12.3. The maximum absolute atomic E-state index is 12.3. The Labute approximate surface area is 193 Å². The second-order valence-electron chi connectivity index (χ2n) is 7.12. The van der Waals surface area contributed by atoms with Crippen molar-refractivity contribution in [3.8, 4) is 5.69 Å². The topological polar surface area (TPSA) is 69.0 Å². The number of hydrogen-bond acceptors (Lipinski definition) is 6. The third kappa shape index (κ3) is 5.54. The van der Waals surface area contributed by atoms with Crippen molar-refractivity contribution < 1.29 is 9.53 Å². The number of ether oxygens (including phenoxy) is 1. The van der Waals surface area contributed by atoms with E-state index in [4.69, 9.17) is 4.74 Å². The minimum Gasteiger partial charge on any atom is -0.462 e. The molecule has 30 heavy (non-hydrogen) atoms. The zero-order chi connectivity index (χ0) is 20.8. The van der Waals surface area contributed by atoms with Crippen molar-refractivity contribution in [3.63, 3.8) is 0 Å². The molecule has 156 valence electrons. The Morgan fingerprint density at radius 3 is 2.57 bits per heavy atom. The van der Waals surface area contributed by atoms with E-state index in [1.807, 2.05) is 47.0 Å². The van der Waals surface area contributed by atoms with Gasteiger partial charge in [-0.1, -0.05) is 30.0 Å². The van der Waals surface area contributed by atoms with Crippen LogP contribution >= 0.6 is 34.4 Å². The van der Waals surface area contributed by atoms with Gasteiger partial charge in [-0.3, -0.25) is 9.36 Å². The summed E-state index contributed by atoms with van der Waals surface area (Å²) in [5.41, 5.74) is 1.99. The van der Waals surface area contributed by atoms with Crippen LogP contribution in [0.4, 0.5) is 5.69 Å². The van der Waals surface area contributed by atoms with Crippen LogP contribution in [0.15, 0.2) is 59.8 Å². The van der Waals surface area contributed by atoms with E-state index in [9.17, 15) is 4.79 Å². The van der Waals surface area contributed by atoms with Crippen molar-refractivity contribution >= 4 is 46.0 Å². The zero-order valence-electron chi connectivity index (χ0n) is 16.5. The van der Waals surface area contributed by atoms with Gasteiger partial charge in [0.15, 0.2) is 11.0 Å². The van der Waals surface area contributed by atoms with Crippen molar-refractivity contribution in [3.05, 3.63) is 64.0 Å². The molecule has 4 rings (SSSR count). The molecule has 2 aromatic carbocycles. The molecule has 1 N–H and O–H groups in total. The predicted octanol–water partition coefficient (Wildman–Crippen LogP) is 5.06. The lowest BCUT2D eigenvalue weighted by Gasteiger charge is -2.13. The summed E-state index contributed by atoms with van der Waals surface area (Å²) >= 11 is 3.65. The van der Waals surface area contributed by atoms with E-state index in [0.717, 1.165) is 42.9 Å². The standard InChI is InChI=1S/C22H23IN4O2S/c23-16-10-12-17(13-11-16)24-14-20-25-26-22(27(20)18-6-2-1-3-7-18)30-15-21(28)29-19-8-4-5-9-19/h1-3,6-7,10-13,19,24H,4-5,8-9,14-15H2. The van der Waals surface area contributed by atoms with Crippen molar-refractivity contribution in [2.45, 2.75) is 43.5 Å². The first-order valence-electron chi connectivity index (χ1n) is 10.0. The van der Waals surface area contributed by atoms with Gasteiger partial charge in [-0.25, -0.2) is 0 Å². The molecule has 0 unspecified atom stereocenters. The first-order chi connectivity index (χ1) is 14.7. The molecular weight excluding hydrogens is 511 g/mol. The normalized spacial score (nSPS) is 14.0. The maximum Gasteiger partial charge on any atom is 0.316 e. The van der Waals surface area contributed by atoms with Gasteiger partial charge in [-0.2, -0.15) is 0 Å². The number of anilines is 1. The molecule has 1 aliphatic carbocycles. The number of aromatic nitrogens is 3. The molecule has 1 aromatic heterocycles. The summed E-state index contributed by atoms with van der Waals surface area (Å²) in [6.45, 7) is 0.523. The molecule has 0 amide bonds. The number of rotatable bonds is 8. The first-order valence-corrected chi connectivity index (χ1v) is 12.1. The molecule has 6 nitrogen and oxygen atoms in total. The molecule has 0 saturated heterocycles. The quantitative estimate of drug-likeness (QED) is 0.248. The van der Waals surface area contributed by atoms with Gasteiger partial charge in [-0.15, -0.1) is 10.2 Å². The largest absolute Gasteiger partial charge is 0.462 e. The van der Waals surface area contributed by atoms with E-state index in [2.05, 4.69) is 50.2 Å². The smallest absolute Gasteiger partial charge is 0.316 e. The fraction of sp³-hybridized carbons (Fsp3) is 0.318. The number of benzene rings is 2. The van der Waals surface area contributed by atoms with E-state index < -0.39 is 0 Å². The van der Waals surface area contributed by atoms with Crippen LogP contribution in [-0.4, -0.2) is 32.6 Å². The van der Waals surface area contributed by atoms with Crippen LogP contribution < -0.4 is 5.32 Å². The van der Waals surface area contributed by atoms with E-state index in [1.165, 1.54) is 15.3 Å².